The van der Waals surface area contributed by atoms with Crippen LogP contribution < -0.4 is 4.90 Å². The van der Waals surface area contributed by atoms with Crippen LogP contribution in [0.15, 0.2) is 18.3 Å². The van der Waals surface area contributed by atoms with Crippen molar-refractivity contribution in [1.29, 1.82) is 0 Å². The fourth-order valence-corrected chi connectivity index (χ4v) is 3.73. The third kappa shape index (κ3) is 2.50. The van der Waals surface area contributed by atoms with Gasteiger partial charge in [-0.1, -0.05) is 11.3 Å². The molecule has 1 fully saturated rings. The summed E-state index contributed by atoms with van der Waals surface area (Å²) in [6.07, 6.45) is 1.66. The van der Waals surface area contributed by atoms with Crippen LogP contribution in [0.25, 0.3) is 4.96 Å². The van der Waals surface area contributed by atoms with E-state index in [2.05, 4.69) is 25.2 Å². The molecule has 3 aromatic rings. The topological polar surface area (TPSA) is 79.5 Å². The van der Waals surface area contributed by atoms with E-state index in [-0.39, 0.29) is 5.91 Å². The van der Waals surface area contributed by atoms with E-state index in [9.17, 15) is 4.79 Å². The largest absolute Gasteiger partial charge is 0.352 e. The summed E-state index contributed by atoms with van der Waals surface area (Å²) in [7, 11) is 0. The Morgan fingerprint density at radius 3 is 2.71 bits per heavy atom. The van der Waals surface area contributed by atoms with Gasteiger partial charge in [0, 0.05) is 32.4 Å². The van der Waals surface area contributed by atoms with Crippen molar-refractivity contribution < 1.29 is 4.79 Å². The molecule has 0 bridgehead atoms. The number of fused-ring (bicyclic) bond motifs is 1. The second-order valence-electron chi connectivity index (χ2n) is 5.72. The van der Waals surface area contributed by atoms with Gasteiger partial charge in [0.2, 0.25) is 4.96 Å². The summed E-state index contributed by atoms with van der Waals surface area (Å²) in [5.41, 5.74) is 1.30. The highest BCUT2D eigenvalue weighted by Crippen LogP contribution is 2.20. The first-order chi connectivity index (χ1) is 11.6. The van der Waals surface area contributed by atoms with Gasteiger partial charge < -0.3 is 9.80 Å². The van der Waals surface area contributed by atoms with Crippen molar-refractivity contribution in [1.82, 2.24) is 29.7 Å². The Balaban J connectivity index is 1.53. The quantitative estimate of drug-likeness (QED) is 0.695. The Labute approximate surface area is 142 Å². The predicted octanol–water partition coefficient (Wildman–Crippen LogP) is 1.16. The standard InChI is InChI=1S/C15H17N7OS/c1-10-13(22-15(17-10)24-11(2)19-22)14(23)21-8-6-20(7-9-21)12-4-3-5-16-18-12/h3-5H,6-9H2,1-2H3. The summed E-state index contributed by atoms with van der Waals surface area (Å²) < 4.78 is 1.67. The fraction of sp³-hybridized carbons (Fsp3) is 0.400. The maximum Gasteiger partial charge on any atom is 0.274 e. The van der Waals surface area contributed by atoms with Crippen molar-refractivity contribution in [3.63, 3.8) is 0 Å². The van der Waals surface area contributed by atoms with Crippen LogP contribution >= 0.6 is 11.3 Å². The molecule has 0 aliphatic carbocycles. The third-order valence-corrected chi connectivity index (χ3v) is 4.95. The average Bonchev–Trinajstić information content (AvgIpc) is 3.09. The van der Waals surface area contributed by atoms with Gasteiger partial charge in [-0.05, 0) is 26.0 Å². The van der Waals surface area contributed by atoms with E-state index >= 15 is 0 Å². The molecule has 1 saturated heterocycles. The monoisotopic (exact) mass is 343 g/mol. The lowest BCUT2D eigenvalue weighted by atomic mass is 10.2. The van der Waals surface area contributed by atoms with E-state index in [0.29, 0.717) is 18.8 Å². The van der Waals surface area contributed by atoms with Gasteiger partial charge in [0.05, 0.1) is 5.69 Å². The van der Waals surface area contributed by atoms with Crippen molar-refractivity contribution in [2.24, 2.45) is 0 Å². The van der Waals surface area contributed by atoms with Gasteiger partial charge in [-0.3, -0.25) is 4.79 Å². The van der Waals surface area contributed by atoms with Gasteiger partial charge in [0.1, 0.15) is 5.01 Å². The van der Waals surface area contributed by atoms with Crippen LogP contribution in [0.2, 0.25) is 0 Å². The smallest absolute Gasteiger partial charge is 0.274 e. The summed E-state index contributed by atoms with van der Waals surface area (Å²) in [4.78, 5) is 22.2. The summed E-state index contributed by atoms with van der Waals surface area (Å²) >= 11 is 1.50. The summed E-state index contributed by atoms with van der Waals surface area (Å²) in [6.45, 7) is 6.54. The van der Waals surface area contributed by atoms with Crippen molar-refractivity contribution >= 4 is 28.0 Å². The Morgan fingerprint density at radius 1 is 1.21 bits per heavy atom. The van der Waals surface area contributed by atoms with Gasteiger partial charge in [-0.25, -0.2) is 4.98 Å². The van der Waals surface area contributed by atoms with Crippen LogP contribution in [0.5, 0.6) is 0 Å². The molecule has 1 aliphatic rings. The summed E-state index contributed by atoms with van der Waals surface area (Å²) in [5, 5.41) is 13.4. The zero-order chi connectivity index (χ0) is 16.7. The number of imidazole rings is 1. The van der Waals surface area contributed by atoms with Gasteiger partial charge in [0.25, 0.3) is 5.91 Å². The van der Waals surface area contributed by atoms with Crippen molar-refractivity contribution in [3.8, 4) is 0 Å². The Bertz CT molecular complexity index is 880. The molecule has 8 nitrogen and oxygen atoms in total. The van der Waals surface area contributed by atoms with Gasteiger partial charge in [0.15, 0.2) is 11.5 Å². The normalized spacial score (nSPS) is 15.2. The maximum atomic E-state index is 12.9. The number of hydrogen-bond acceptors (Lipinski definition) is 7. The van der Waals surface area contributed by atoms with Crippen molar-refractivity contribution in [3.05, 3.63) is 34.7 Å². The predicted molar refractivity (Wildman–Crippen MR) is 90.5 cm³/mol. The maximum absolute atomic E-state index is 12.9. The zero-order valence-corrected chi connectivity index (χ0v) is 14.3. The first-order valence-corrected chi connectivity index (χ1v) is 8.60. The van der Waals surface area contributed by atoms with Crippen molar-refractivity contribution in [2.45, 2.75) is 13.8 Å². The van der Waals surface area contributed by atoms with Crippen LogP contribution in [0.4, 0.5) is 5.82 Å². The molecule has 124 valence electrons. The number of aryl methyl sites for hydroxylation is 2. The number of carbonyl (C=O) groups is 1. The van der Waals surface area contributed by atoms with E-state index in [1.54, 1.807) is 10.7 Å². The second-order valence-corrected chi connectivity index (χ2v) is 6.88. The van der Waals surface area contributed by atoms with Crippen LogP contribution in [0, 0.1) is 13.8 Å². The van der Waals surface area contributed by atoms with Gasteiger partial charge in [-0.15, -0.1) is 5.10 Å². The number of piperazine rings is 1. The number of hydrogen-bond donors (Lipinski definition) is 0. The number of nitrogens with zero attached hydrogens (tertiary/aromatic N) is 7. The Hall–Kier alpha value is -2.55. The van der Waals surface area contributed by atoms with Crippen LogP contribution in [0.3, 0.4) is 0 Å². The molecule has 4 rings (SSSR count). The van der Waals surface area contributed by atoms with E-state index in [1.165, 1.54) is 11.3 Å². The molecule has 1 aliphatic heterocycles. The SMILES string of the molecule is Cc1nn2c(C(=O)N3CCN(c4cccnn4)CC3)c(C)nc2s1. The molecule has 4 heterocycles. The lowest BCUT2D eigenvalue weighted by Gasteiger charge is -2.35. The third-order valence-electron chi connectivity index (χ3n) is 4.13. The minimum absolute atomic E-state index is 0.0101. The molecule has 9 heteroatoms. The van der Waals surface area contributed by atoms with Crippen molar-refractivity contribution in [2.75, 3.05) is 31.1 Å². The lowest BCUT2D eigenvalue weighted by molar-refractivity contribution is 0.0737. The summed E-state index contributed by atoms with van der Waals surface area (Å²) in [5.74, 6) is 0.840. The van der Waals surface area contributed by atoms with Gasteiger partial charge >= 0.3 is 0 Å². The van der Waals surface area contributed by atoms with Crippen LogP contribution in [0.1, 0.15) is 21.2 Å². The number of rotatable bonds is 2. The molecule has 24 heavy (non-hydrogen) atoms. The molecule has 0 unspecified atom stereocenters. The fourth-order valence-electron chi connectivity index (χ4n) is 2.94. The minimum atomic E-state index is -0.0101. The summed E-state index contributed by atoms with van der Waals surface area (Å²) in [6, 6.07) is 3.81. The van der Waals surface area contributed by atoms with Crippen LogP contribution in [-0.2, 0) is 0 Å². The molecule has 0 atom stereocenters. The lowest BCUT2D eigenvalue weighted by Crippen LogP contribution is -2.49. The number of amides is 1. The van der Waals surface area contributed by atoms with E-state index in [0.717, 1.165) is 34.6 Å². The van der Waals surface area contributed by atoms with E-state index in [4.69, 9.17) is 0 Å². The molecular weight excluding hydrogens is 326 g/mol. The second kappa shape index (κ2) is 5.82. The molecular formula is C15H17N7OS. The molecule has 3 aromatic heterocycles. The van der Waals surface area contributed by atoms with Crippen LogP contribution in [-0.4, -0.2) is 61.8 Å². The van der Waals surface area contributed by atoms with E-state index < -0.39 is 0 Å². The highest BCUT2D eigenvalue weighted by atomic mass is 32.1. The Kier molecular flexibility index (Phi) is 3.64. The zero-order valence-electron chi connectivity index (χ0n) is 13.5. The molecule has 0 N–H and O–H groups in total. The molecule has 0 aromatic carbocycles. The average molecular weight is 343 g/mol. The number of carbonyl (C=O) groups excluding carboxylic acids is 1. The number of anilines is 1. The van der Waals surface area contributed by atoms with Gasteiger partial charge in [-0.2, -0.15) is 14.7 Å². The first kappa shape index (κ1) is 15.0. The highest BCUT2D eigenvalue weighted by molar-refractivity contribution is 7.16. The molecule has 0 radical (unpaired) electrons. The Morgan fingerprint density at radius 2 is 2.00 bits per heavy atom. The molecule has 0 spiro atoms. The minimum Gasteiger partial charge on any atom is -0.352 e. The van der Waals surface area contributed by atoms with E-state index in [1.807, 2.05) is 30.9 Å². The first-order valence-electron chi connectivity index (χ1n) is 7.78. The molecule has 0 saturated carbocycles. The number of aromatic nitrogens is 5. The highest BCUT2D eigenvalue weighted by Gasteiger charge is 2.27. The molecule has 1 amide bonds.